The highest BCUT2D eigenvalue weighted by molar-refractivity contribution is 9.09. The molecule has 0 bridgehead atoms. The zero-order chi connectivity index (χ0) is 20.1. The van der Waals surface area contributed by atoms with E-state index in [-0.39, 0.29) is 5.57 Å². The number of halogens is 1. The standard InChI is InChI=1S/C20H17BrN2O5/c1-27-15-8-4-14(5-9-15)23-19(25)17(18(24)22-20(23)26)12-13-2-6-16(7-3-13)28-11-10-21/h2-9,12H,10-11H2,1H3,(H,22,24,26)/b17-12-. The van der Waals surface area contributed by atoms with Gasteiger partial charge in [-0.3, -0.25) is 14.9 Å². The predicted molar refractivity (Wildman–Crippen MR) is 108 cm³/mol. The maximum atomic E-state index is 12.8. The second-order valence-electron chi connectivity index (χ2n) is 5.76. The lowest BCUT2D eigenvalue weighted by Gasteiger charge is -2.26. The molecular weight excluding hydrogens is 428 g/mol. The summed E-state index contributed by atoms with van der Waals surface area (Å²) in [5.74, 6) is -0.170. The van der Waals surface area contributed by atoms with Gasteiger partial charge in [0.05, 0.1) is 19.4 Å². The quantitative estimate of drug-likeness (QED) is 0.420. The molecule has 1 aliphatic rings. The number of hydrogen-bond donors (Lipinski definition) is 1. The van der Waals surface area contributed by atoms with E-state index in [1.165, 1.54) is 13.2 Å². The van der Waals surface area contributed by atoms with Crippen LogP contribution in [0.5, 0.6) is 11.5 Å². The second-order valence-corrected chi connectivity index (χ2v) is 6.56. The summed E-state index contributed by atoms with van der Waals surface area (Å²) in [5, 5.41) is 2.91. The third-order valence-corrected chi connectivity index (χ3v) is 4.29. The number of amides is 4. The average molecular weight is 445 g/mol. The van der Waals surface area contributed by atoms with Gasteiger partial charge in [0.2, 0.25) is 0 Å². The first kappa shape index (κ1) is 19.6. The number of imide groups is 2. The minimum Gasteiger partial charge on any atom is -0.497 e. The molecule has 3 rings (SSSR count). The number of barbiturate groups is 1. The van der Waals surface area contributed by atoms with E-state index in [2.05, 4.69) is 21.2 Å². The number of carbonyl (C=O) groups excluding carboxylic acids is 3. The van der Waals surface area contributed by atoms with E-state index < -0.39 is 17.8 Å². The molecule has 7 nitrogen and oxygen atoms in total. The number of carbonyl (C=O) groups is 3. The molecule has 2 aromatic carbocycles. The van der Waals surface area contributed by atoms with Crippen LogP contribution in [0.2, 0.25) is 0 Å². The van der Waals surface area contributed by atoms with Crippen molar-refractivity contribution in [3.8, 4) is 11.5 Å². The van der Waals surface area contributed by atoms with Gasteiger partial charge in [-0.1, -0.05) is 28.1 Å². The molecule has 0 radical (unpaired) electrons. The Labute approximate surface area is 170 Å². The van der Waals surface area contributed by atoms with Gasteiger partial charge in [-0.25, -0.2) is 9.69 Å². The fraction of sp³-hybridized carbons (Fsp3) is 0.150. The van der Waals surface area contributed by atoms with E-state index in [0.29, 0.717) is 34.7 Å². The lowest BCUT2D eigenvalue weighted by atomic mass is 10.1. The summed E-state index contributed by atoms with van der Waals surface area (Å²) in [5.41, 5.74) is 0.832. The van der Waals surface area contributed by atoms with Crippen LogP contribution in [-0.2, 0) is 9.59 Å². The Morgan fingerprint density at radius 1 is 1.00 bits per heavy atom. The Bertz CT molecular complexity index is 923. The Kier molecular flexibility index (Phi) is 6.10. The molecule has 0 unspecified atom stereocenters. The van der Waals surface area contributed by atoms with Crippen molar-refractivity contribution in [2.75, 3.05) is 23.9 Å². The van der Waals surface area contributed by atoms with Crippen LogP contribution in [0.15, 0.2) is 54.1 Å². The molecule has 144 valence electrons. The number of hydrogen-bond acceptors (Lipinski definition) is 5. The van der Waals surface area contributed by atoms with Crippen LogP contribution >= 0.6 is 15.9 Å². The Balaban J connectivity index is 1.87. The highest BCUT2D eigenvalue weighted by atomic mass is 79.9. The van der Waals surface area contributed by atoms with Crippen molar-refractivity contribution >= 4 is 45.5 Å². The molecule has 1 heterocycles. The van der Waals surface area contributed by atoms with Gasteiger partial charge in [0.15, 0.2) is 0 Å². The summed E-state index contributed by atoms with van der Waals surface area (Å²) >= 11 is 3.28. The fourth-order valence-corrected chi connectivity index (χ4v) is 2.77. The van der Waals surface area contributed by atoms with Crippen molar-refractivity contribution < 1.29 is 23.9 Å². The number of urea groups is 1. The summed E-state index contributed by atoms with van der Waals surface area (Å²) in [6.45, 7) is 0.528. The van der Waals surface area contributed by atoms with Gasteiger partial charge in [-0.05, 0) is 48.0 Å². The second kappa shape index (κ2) is 8.71. The molecule has 0 aliphatic carbocycles. The van der Waals surface area contributed by atoms with Crippen molar-refractivity contribution in [2.24, 2.45) is 0 Å². The van der Waals surface area contributed by atoms with Crippen molar-refractivity contribution in [1.29, 1.82) is 0 Å². The number of methoxy groups -OCH3 is 1. The third-order valence-electron chi connectivity index (χ3n) is 3.97. The van der Waals surface area contributed by atoms with Gasteiger partial charge in [0.1, 0.15) is 17.1 Å². The molecule has 0 aromatic heterocycles. The number of anilines is 1. The molecule has 1 saturated heterocycles. The molecule has 0 spiro atoms. The summed E-state index contributed by atoms with van der Waals surface area (Å²) in [7, 11) is 1.52. The monoisotopic (exact) mass is 444 g/mol. The topological polar surface area (TPSA) is 84.9 Å². The third kappa shape index (κ3) is 4.23. The minimum absolute atomic E-state index is 0.135. The molecule has 1 fully saturated rings. The van der Waals surface area contributed by atoms with Crippen molar-refractivity contribution in [1.82, 2.24) is 5.32 Å². The van der Waals surface area contributed by atoms with Crippen LogP contribution in [0.3, 0.4) is 0 Å². The number of alkyl halides is 1. The highest BCUT2D eigenvalue weighted by Gasteiger charge is 2.36. The fourth-order valence-electron chi connectivity index (χ4n) is 2.61. The largest absolute Gasteiger partial charge is 0.497 e. The van der Waals surface area contributed by atoms with E-state index in [9.17, 15) is 14.4 Å². The van der Waals surface area contributed by atoms with E-state index in [0.717, 1.165) is 4.90 Å². The summed E-state index contributed by atoms with van der Waals surface area (Å²) in [6.07, 6.45) is 1.44. The lowest BCUT2D eigenvalue weighted by Crippen LogP contribution is -2.54. The van der Waals surface area contributed by atoms with Gasteiger partial charge in [0, 0.05) is 5.33 Å². The van der Waals surface area contributed by atoms with Gasteiger partial charge in [-0.2, -0.15) is 0 Å². The van der Waals surface area contributed by atoms with Crippen LogP contribution in [0.4, 0.5) is 10.5 Å². The van der Waals surface area contributed by atoms with Crippen LogP contribution in [0, 0.1) is 0 Å². The maximum Gasteiger partial charge on any atom is 0.335 e. The van der Waals surface area contributed by atoms with Crippen LogP contribution in [-0.4, -0.2) is 36.9 Å². The van der Waals surface area contributed by atoms with E-state index in [1.54, 1.807) is 48.5 Å². The molecule has 4 amide bonds. The first-order valence-electron chi connectivity index (χ1n) is 8.38. The number of nitrogens with zero attached hydrogens (tertiary/aromatic N) is 1. The van der Waals surface area contributed by atoms with Crippen LogP contribution < -0.4 is 19.7 Å². The van der Waals surface area contributed by atoms with Crippen molar-refractivity contribution in [2.45, 2.75) is 0 Å². The molecule has 1 N–H and O–H groups in total. The smallest absolute Gasteiger partial charge is 0.335 e. The van der Waals surface area contributed by atoms with Crippen LogP contribution in [0.25, 0.3) is 6.08 Å². The zero-order valence-electron chi connectivity index (χ0n) is 15.0. The Hall–Kier alpha value is -3.13. The minimum atomic E-state index is -0.796. The van der Waals surface area contributed by atoms with Crippen molar-refractivity contribution in [3.63, 3.8) is 0 Å². The SMILES string of the molecule is COc1ccc(N2C(=O)NC(=O)/C(=C/c3ccc(OCCBr)cc3)C2=O)cc1. The number of ether oxygens (including phenoxy) is 2. The molecule has 2 aromatic rings. The molecule has 28 heavy (non-hydrogen) atoms. The normalized spacial score (nSPS) is 15.6. The number of rotatable bonds is 6. The van der Waals surface area contributed by atoms with Crippen molar-refractivity contribution in [3.05, 3.63) is 59.7 Å². The predicted octanol–water partition coefficient (Wildman–Crippen LogP) is 3.14. The van der Waals surface area contributed by atoms with Gasteiger partial charge >= 0.3 is 6.03 Å². The van der Waals surface area contributed by atoms with E-state index >= 15 is 0 Å². The highest BCUT2D eigenvalue weighted by Crippen LogP contribution is 2.24. The Morgan fingerprint density at radius 2 is 1.64 bits per heavy atom. The molecule has 8 heteroatoms. The molecule has 0 saturated carbocycles. The molecular formula is C20H17BrN2O5. The summed E-state index contributed by atoms with van der Waals surface area (Å²) in [6, 6.07) is 12.5. The summed E-state index contributed by atoms with van der Waals surface area (Å²) < 4.78 is 10.6. The first-order chi connectivity index (χ1) is 13.5. The average Bonchev–Trinajstić information content (AvgIpc) is 2.71. The zero-order valence-corrected chi connectivity index (χ0v) is 16.6. The molecule has 0 atom stereocenters. The number of benzene rings is 2. The van der Waals surface area contributed by atoms with Gasteiger partial charge in [0.25, 0.3) is 11.8 Å². The van der Waals surface area contributed by atoms with Gasteiger partial charge in [-0.15, -0.1) is 0 Å². The number of nitrogens with one attached hydrogen (secondary N) is 1. The van der Waals surface area contributed by atoms with E-state index in [1.807, 2.05) is 0 Å². The lowest BCUT2D eigenvalue weighted by molar-refractivity contribution is -0.122. The molecule has 1 aliphatic heterocycles. The maximum absolute atomic E-state index is 12.8. The summed E-state index contributed by atoms with van der Waals surface area (Å²) in [4.78, 5) is 38.2. The van der Waals surface area contributed by atoms with E-state index in [4.69, 9.17) is 9.47 Å². The van der Waals surface area contributed by atoms with Gasteiger partial charge < -0.3 is 9.47 Å². The first-order valence-corrected chi connectivity index (χ1v) is 9.50. The van der Waals surface area contributed by atoms with Crippen LogP contribution in [0.1, 0.15) is 5.56 Å². The Morgan fingerprint density at radius 3 is 2.25 bits per heavy atom.